The lowest BCUT2D eigenvalue weighted by Gasteiger charge is -2.58. The van der Waals surface area contributed by atoms with Gasteiger partial charge >= 0.3 is 0 Å². The molecule has 4 rings (SSSR count). The Kier molecular flexibility index (Phi) is 3.77. The fraction of sp³-hybridized carbons (Fsp3) is 0.800. The third-order valence-electron chi connectivity index (χ3n) is 7.52. The van der Waals surface area contributed by atoms with Gasteiger partial charge < -0.3 is 5.32 Å². The lowest BCUT2D eigenvalue weighted by Crippen LogP contribution is -2.54. The van der Waals surface area contributed by atoms with Crippen molar-refractivity contribution in [1.82, 2.24) is 5.32 Å². The number of piperidine rings is 1. The summed E-state index contributed by atoms with van der Waals surface area (Å²) < 4.78 is 0. The fourth-order valence-electron chi connectivity index (χ4n) is 6.31. The number of Topliss-reactive ketones (excluding diaryl/α,β-unsaturated/α-hetero) is 1. The Labute approximate surface area is 140 Å². The summed E-state index contributed by atoms with van der Waals surface area (Å²) in [5.41, 5.74) is 1.51. The van der Waals surface area contributed by atoms with Crippen molar-refractivity contribution in [2.45, 2.75) is 66.7 Å². The monoisotopic (exact) mass is 317 g/mol. The highest BCUT2D eigenvalue weighted by molar-refractivity contribution is 5.82. The van der Waals surface area contributed by atoms with Crippen molar-refractivity contribution in [2.75, 3.05) is 0 Å². The molecule has 0 aromatic rings. The van der Waals surface area contributed by atoms with Crippen LogP contribution in [0.15, 0.2) is 11.8 Å². The summed E-state index contributed by atoms with van der Waals surface area (Å²) in [7, 11) is 0. The predicted molar refractivity (Wildman–Crippen MR) is 91.5 cm³/mol. The van der Waals surface area contributed by atoms with Crippen molar-refractivity contribution in [1.29, 1.82) is 0 Å². The van der Waals surface area contributed by atoms with Crippen molar-refractivity contribution in [3.05, 3.63) is 11.8 Å². The first-order chi connectivity index (χ1) is 10.3. The molecule has 0 bridgehead atoms. The average Bonchev–Trinajstić information content (AvgIpc) is 2.75. The van der Waals surface area contributed by atoms with Crippen LogP contribution in [-0.4, -0.2) is 11.7 Å². The van der Waals surface area contributed by atoms with Crippen molar-refractivity contribution in [3.63, 3.8) is 0 Å². The van der Waals surface area contributed by atoms with E-state index in [9.17, 15) is 9.59 Å². The van der Waals surface area contributed by atoms with E-state index in [1.54, 1.807) is 0 Å². The average molecular weight is 317 g/mol. The fourth-order valence-corrected chi connectivity index (χ4v) is 6.31. The van der Waals surface area contributed by atoms with E-state index in [4.69, 9.17) is 0 Å². The van der Waals surface area contributed by atoms with Gasteiger partial charge in [-0.15, -0.1) is 0 Å². The van der Waals surface area contributed by atoms with Gasteiger partial charge in [-0.3, -0.25) is 9.59 Å². The molecule has 0 aromatic heterocycles. The Bertz CT molecular complexity index is 580. The van der Waals surface area contributed by atoms with Crippen LogP contribution in [0.5, 0.6) is 0 Å². The molecule has 128 valence electrons. The summed E-state index contributed by atoms with van der Waals surface area (Å²) in [6, 6.07) is 0. The summed E-state index contributed by atoms with van der Waals surface area (Å²) in [4.78, 5) is 23.9. The molecular formula is C20H31NO2. The number of carbonyl (C=O) groups is 2. The van der Waals surface area contributed by atoms with Gasteiger partial charge in [-0.2, -0.15) is 0 Å². The maximum atomic E-state index is 12.1. The third kappa shape index (κ3) is 2.22. The zero-order chi connectivity index (χ0) is 15.7. The van der Waals surface area contributed by atoms with E-state index in [2.05, 4.69) is 32.2 Å². The van der Waals surface area contributed by atoms with Gasteiger partial charge in [0.2, 0.25) is 5.91 Å². The second kappa shape index (κ2) is 5.19. The van der Waals surface area contributed by atoms with E-state index in [0.717, 1.165) is 19.3 Å². The van der Waals surface area contributed by atoms with Crippen molar-refractivity contribution in [3.8, 4) is 0 Å². The molecular weight excluding hydrogens is 286 g/mol. The van der Waals surface area contributed by atoms with Crippen LogP contribution in [0, 0.1) is 34.5 Å². The van der Waals surface area contributed by atoms with Crippen molar-refractivity contribution in [2.24, 2.45) is 34.5 Å². The molecule has 3 fully saturated rings. The van der Waals surface area contributed by atoms with Crippen LogP contribution in [-0.2, 0) is 9.59 Å². The molecule has 3 unspecified atom stereocenters. The molecule has 0 radical (unpaired) electrons. The summed E-state index contributed by atoms with van der Waals surface area (Å²) in [6.45, 7) is 6.98. The molecule has 6 atom stereocenters. The number of nitrogens with one attached hydrogen (secondary N) is 1. The van der Waals surface area contributed by atoms with Crippen LogP contribution in [0.25, 0.3) is 0 Å². The maximum Gasteiger partial charge on any atom is 0.224 e. The summed E-state index contributed by atoms with van der Waals surface area (Å²) in [6.07, 6.45) is 7.88. The molecule has 1 N–H and O–H groups in total. The van der Waals surface area contributed by atoms with E-state index >= 15 is 0 Å². The number of hydrogen-bond acceptors (Lipinski definition) is 2. The summed E-state index contributed by atoms with van der Waals surface area (Å²) in [5.74, 6) is 2.87. The molecule has 1 amide bonds. The van der Waals surface area contributed by atoms with Crippen LogP contribution in [0.3, 0.4) is 0 Å². The second-order valence-corrected chi connectivity index (χ2v) is 8.81. The molecule has 3 aliphatic carbocycles. The van der Waals surface area contributed by atoms with Gasteiger partial charge in [0, 0.05) is 30.4 Å². The Morgan fingerprint density at radius 1 is 1.17 bits per heavy atom. The largest absolute Gasteiger partial charge is 0.330 e. The Hall–Kier alpha value is -1.12. The number of fused-ring (bicyclic) bond motifs is 5. The molecule has 1 aliphatic heterocycles. The van der Waals surface area contributed by atoms with E-state index in [1.165, 1.54) is 18.5 Å². The lowest BCUT2D eigenvalue weighted by molar-refractivity contribution is -0.125. The molecule has 0 aromatic carbocycles. The van der Waals surface area contributed by atoms with Gasteiger partial charge in [-0.1, -0.05) is 34.3 Å². The quantitative estimate of drug-likeness (QED) is 0.731. The zero-order valence-electron chi connectivity index (χ0n) is 13.9. The Morgan fingerprint density at radius 3 is 2.65 bits per heavy atom. The molecule has 1 saturated heterocycles. The molecule has 2 saturated carbocycles. The van der Waals surface area contributed by atoms with Gasteiger partial charge in [-0.25, -0.2) is 0 Å². The normalized spacial score (nSPS) is 48.4. The van der Waals surface area contributed by atoms with Gasteiger partial charge in [0.1, 0.15) is 5.78 Å². The van der Waals surface area contributed by atoms with Crippen molar-refractivity contribution < 1.29 is 9.59 Å². The lowest BCUT2D eigenvalue weighted by atomic mass is 9.48. The first-order valence-electron chi connectivity index (χ1n) is 8.87. The smallest absolute Gasteiger partial charge is 0.224 e. The first-order valence-corrected chi connectivity index (χ1v) is 8.87. The first kappa shape index (κ1) is 16.7. The molecule has 4 aliphatic rings. The Morgan fingerprint density at radius 2 is 1.91 bits per heavy atom. The SMILES string of the molecule is C.C[C@H]1C=C2NC(=O)CC[C@]2(C)C2CC[C@]3(C)CC(=O)CC3C21. The molecule has 3 heteroatoms. The van der Waals surface area contributed by atoms with Gasteiger partial charge in [0.05, 0.1) is 0 Å². The number of allylic oxidation sites excluding steroid dienone is 2. The van der Waals surface area contributed by atoms with E-state index < -0.39 is 0 Å². The van der Waals surface area contributed by atoms with Crippen LogP contribution >= 0.6 is 0 Å². The zero-order valence-corrected chi connectivity index (χ0v) is 13.9. The van der Waals surface area contributed by atoms with E-state index in [-0.39, 0.29) is 24.2 Å². The van der Waals surface area contributed by atoms with E-state index in [1.807, 2.05) is 0 Å². The third-order valence-corrected chi connectivity index (χ3v) is 7.52. The number of carbonyl (C=O) groups excluding carboxylic acids is 2. The maximum absolute atomic E-state index is 12.1. The van der Waals surface area contributed by atoms with Crippen molar-refractivity contribution >= 4 is 11.7 Å². The van der Waals surface area contributed by atoms with Gasteiger partial charge in [0.25, 0.3) is 0 Å². The number of hydrogen-bond donors (Lipinski definition) is 1. The highest BCUT2D eigenvalue weighted by atomic mass is 16.1. The number of ketones is 1. The van der Waals surface area contributed by atoms with Gasteiger partial charge in [0.15, 0.2) is 0 Å². The summed E-state index contributed by atoms with van der Waals surface area (Å²) in [5, 5.41) is 3.16. The molecule has 3 nitrogen and oxygen atoms in total. The van der Waals surface area contributed by atoms with Crippen LogP contribution in [0.1, 0.15) is 66.7 Å². The van der Waals surface area contributed by atoms with Crippen LogP contribution in [0.4, 0.5) is 0 Å². The minimum absolute atomic E-state index is 0. The standard InChI is InChI=1S/C19H27NO2.CH4/c1-11-8-15-19(3,7-5-16(22)20-15)13-4-6-18(2)10-12(21)9-14(18)17(11)13;/h8,11,13-14,17H,4-7,9-10H2,1-3H3,(H,20,22);1H4/t11-,13?,14?,17?,18+,19+;/m0./s1. The number of rotatable bonds is 0. The molecule has 23 heavy (non-hydrogen) atoms. The minimum atomic E-state index is 0. The van der Waals surface area contributed by atoms with Crippen LogP contribution in [0.2, 0.25) is 0 Å². The highest BCUT2D eigenvalue weighted by Crippen LogP contribution is 2.64. The molecule has 0 spiro atoms. The molecule has 1 heterocycles. The second-order valence-electron chi connectivity index (χ2n) is 8.81. The van der Waals surface area contributed by atoms with E-state index in [0.29, 0.717) is 35.9 Å². The topological polar surface area (TPSA) is 46.2 Å². The minimum Gasteiger partial charge on any atom is -0.330 e. The summed E-state index contributed by atoms with van der Waals surface area (Å²) >= 11 is 0. The van der Waals surface area contributed by atoms with Gasteiger partial charge in [-0.05, 0) is 48.3 Å². The van der Waals surface area contributed by atoms with Crippen LogP contribution < -0.4 is 5.32 Å². The number of amides is 1. The highest BCUT2D eigenvalue weighted by Gasteiger charge is 2.59. The Balaban J connectivity index is 0.00000156. The predicted octanol–water partition coefficient (Wildman–Crippen LogP) is 4.08.